The maximum atomic E-state index is 6.18. The van der Waals surface area contributed by atoms with Crippen LogP contribution >= 0.6 is 28.3 Å². The first-order valence-corrected chi connectivity index (χ1v) is 5.98. The molecule has 0 radical (unpaired) electrons. The highest BCUT2D eigenvalue weighted by Gasteiger charge is 2.17. The SMILES string of the molecule is CCC(C)[C@@H](N)c1ccc(Br)cc1OC.Cl. The van der Waals surface area contributed by atoms with Crippen LogP contribution < -0.4 is 10.5 Å². The molecule has 0 heterocycles. The van der Waals surface area contributed by atoms with Gasteiger partial charge in [0.1, 0.15) is 5.75 Å². The van der Waals surface area contributed by atoms with Gasteiger partial charge in [0, 0.05) is 16.1 Å². The molecule has 4 heteroatoms. The van der Waals surface area contributed by atoms with Gasteiger partial charge in [-0.2, -0.15) is 0 Å². The zero-order valence-electron chi connectivity index (χ0n) is 9.87. The van der Waals surface area contributed by atoms with Gasteiger partial charge in [0.25, 0.3) is 0 Å². The van der Waals surface area contributed by atoms with Crippen LogP contribution in [0.25, 0.3) is 0 Å². The smallest absolute Gasteiger partial charge is 0.124 e. The summed E-state index contributed by atoms with van der Waals surface area (Å²) in [5.41, 5.74) is 7.26. The molecule has 0 amide bonds. The standard InChI is InChI=1S/C12H18BrNO.ClH/c1-4-8(2)12(14)10-6-5-9(13)7-11(10)15-3;/h5-8,12H,4,14H2,1-3H3;1H/t8?,12-;/m1./s1. The molecule has 0 bridgehead atoms. The van der Waals surface area contributed by atoms with E-state index in [2.05, 4.69) is 29.8 Å². The normalized spacial score (nSPS) is 13.8. The first kappa shape index (κ1) is 15.8. The van der Waals surface area contributed by atoms with Crippen molar-refractivity contribution in [3.8, 4) is 5.75 Å². The minimum Gasteiger partial charge on any atom is -0.496 e. The van der Waals surface area contributed by atoms with Gasteiger partial charge in [0.05, 0.1) is 7.11 Å². The van der Waals surface area contributed by atoms with Gasteiger partial charge in [-0.3, -0.25) is 0 Å². The van der Waals surface area contributed by atoms with Gasteiger partial charge in [-0.25, -0.2) is 0 Å². The first-order valence-electron chi connectivity index (χ1n) is 5.19. The van der Waals surface area contributed by atoms with Crippen molar-refractivity contribution in [1.29, 1.82) is 0 Å². The third-order valence-electron chi connectivity index (χ3n) is 2.81. The van der Waals surface area contributed by atoms with Crippen molar-refractivity contribution in [2.24, 2.45) is 11.7 Å². The zero-order valence-corrected chi connectivity index (χ0v) is 12.3. The molecule has 0 aromatic heterocycles. The fourth-order valence-corrected chi connectivity index (χ4v) is 1.86. The molecule has 2 nitrogen and oxygen atoms in total. The second-order valence-electron chi connectivity index (χ2n) is 3.80. The van der Waals surface area contributed by atoms with Gasteiger partial charge >= 0.3 is 0 Å². The van der Waals surface area contributed by atoms with Gasteiger partial charge in [0.2, 0.25) is 0 Å². The van der Waals surface area contributed by atoms with Crippen LogP contribution in [0.1, 0.15) is 31.9 Å². The first-order chi connectivity index (χ1) is 7.10. The number of halogens is 2. The van der Waals surface area contributed by atoms with Crippen molar-refractivity contribution < 1.29 is 4.74 Å². The predicted octanol–water partition coefficient (Wildman–Crippen LogP) is 3.93. The van der Waals surface area contributed by atoms with Crippen LogP contribution in [0, 0.1) is 5.92 Å². The fourth-order valence-electron chi connectivity index (χ4n) is 1.52. The van der Waals surface area contributed by atoms with Gasteiger partial charge in [-0.05, 0) is 18.1 Å². The Hall–Kier alpha value is -0.250. The van der Waals surface area contributed by atoms with Crippen molar-refractivity contribution in [2.45, 2.75) is 26.3 Å². The molecule has 0 saturated carbocycles. The maximum Gasteiger partial charge on any atom is 0.124 e. The van der Waals surface area contributed by atoms with Gasteiger partial charge in [-0.15, -0.1) is 12.4 Å². The molecule has 2 N–H and O–H groups in total. The Morgan fingerprint density at radius 2 is 2.06 bits per heavy atom. The Kier molecular flexibility index (Phi) is 7.04. The number of ether oxygens (including phenoxy) is 1. The largest absolute Gasteiger partial charge is 0.496 e. The van der Waals surface area contributed by atoms with E-state index < -0.39 is 0 Å². The highest BCUT2D eigenvalue weighted by Crippen LogP contribution is 2.31. The molecule has 16 heavy (non-hydrogen) atoms. The molecule has 0 fully saturated rings. The quantitative estimate of drug-likeness (QED) is 0.915. The van der Waals surface area contributed by atoms with E-state index in [9.17, 15) is 0 Å². The molecule has 92 valence electrons. The van der Waals surface area contributed by atoms with Crippen LogP contribution in [0.4, 0.5) is 0 Å². The lowest BCUT2D eigenvalue weighted by Gasteiger charge is -2.21. The monoisotopic (exact) mass is 307 g/mol. The molecule has 0 aliphatic heterocycles. The van der Waals surface area contributed by atoms with Crippen LogP contribution in [0.3, 0.4) is 0 Å². The Bertz CT molecular complexity index is 333. The molecule has 0 saturated heterocycles. The van der Waals surface area contributed by atoms with Crippen molar-refractivity contribution >= 4 is 28.3 Å². The molecule has 0 aliphatic rings. The highest BCUT2D eigenvalue weighted by molar-refractivity contribution is 9.10. The van der Waals surface area contributed by atoms with Crippen molar-refractivity contribution in [1.82, 2.24) is 0 Å². The number of benzene rings is 1. The number of rotatable bonds is 4. The molecular formula is C12H19BrClNO. The lowest BCUT2D eigenvalue weighted by Crippen LogP contribution is -2.19. The zero-order chi connectivity index (χ0) is 11.4. The maximum absolute atomic E-state index is 6.18. The molecule has 0 spiro atoms. The summed E-state index contributed by atoms with van der Waals surface area (Å²) in [4.78, 5) is 0. The molecule has 1 aromatic rings. The van der Waals surface area contributed by atoms with Crippen molar-refractivity contribution in [2.75, 3.05) is 7.11 Å². The van der Waals surface area contributed by atoms with Crippen LogP contribution in [0.15, 0.2) is 22.7 Å². The van der Waals surface area contributed by atoms with E-state index in [1.165, 1.54) is 0 Å². The highest BCUT2D eigenvalue weighted by atomic mass is 79.9. The number of hydrogen-bond donors (Lipinski definition) is 1. The van der Waals surface area contributed by atoms with Crippen LogP contribution in [-0.2, 0) is 0 Å². The van der Waals surface area contributed by atoms with E-state index in [1.807, 2.05) is 18.2 Å². The van der Waals surface area contributed by atoms with Gasteiger partial charge in [0.15, 0.2) is 0 Å². The molecule has 1 rings (SSSR count). The predicted molar refractivity (Wildman–Crippen MR) is 74.3 cm³/mol. The third-order valence-corrected chi connectivity index (χ3v) is 3.30. The minimum atomic E-state index is 0. The number of nitrogens with two attached hydrogens (primary N) is 1. The molecule has 2 atom stereocenters. The van der Waals surface area contributed by atoms with Gasteiger partial charge < -0.3 is 10.5 Å². The minimum absolute atomic E-state index is 0. The van der Waals surface area contributed by atoms with E-state index in [0.29, 0.717) is 5.92 Å². The summed E-state index contributed by atoms with van der Waals surface area (Å²) in [6, 6.07) is 6.02. The van der Waals surface area contributed by atoms with E-state index in [1.54, 1.807) is 7.11 Å². The Labute approximate surface area is 112 Å². The number of hydrogen-bond acceptors (Lipinski definition) is 2. The Balaban J connectivity index is 0.00000225. The summed E-state index contributed by atoms with van der Waals surface area (Å²) in [6.07, 6.45) is 1.07. The number of methoxy groups -OCH3 is 1. The van der Waals surface area contributed by atoms with E-state index >= 15 is 0 Å². The fraction of sp³-hybridized carbons (Fsp3) is 0.500. The van der Waals surface area contributed by atoms with E-state index in [-0.39, 0.29) is 18.4 Å². The lowest BCUT2D eigenvalue weighted by atomic mass is 9.93. The molecule has 0 aliphatic carbocycles. The third kappa shape index (κ3) is 3.65. The lowest BCUT2D eigenvalue weighted by molar-refractivity contribution is 0.388. The van der Waals surface area contributed by atoms with Crippen molar-refractivity contribution in [3.05, 3.63) is 28.2 Å². The summed E-state index contributed by atoms with van der Waals surface area (Å²) in [6.45, 7) is 4.31. The second kappa shape index (κ2) is 7.15. The van der Waals surface area contributed by atoms with Gasteiger partial charge in [-0.1, -0.05) is 42.3 Å². The van der Waals surface area contributed by atoms with Crippen LogP contribution in [-0.4, -0.2) is 7.11 Å². The van der Waals surface area contributed by atoms with Crippen LogP contribution in [0.2, 0.25) is 0 Å². The van der Waals surface area contributed by atoms with Crippen LogP contribution in [0.5, 0.6) is 5.75 Å². The summed E-state index contributed by atoms with van der Waals surface area (Å²) >= 11 is 3.42. The summed E-state index contributed by atoms with van der Waals surface area (Å²) in [5.74, 6) is 1.32. The average Bonchev–Trinajstić information content (AvgIpc) is 2.26. The molecular weight excluding hydrogens is 289 g/mol. The Morgan fingerprint density at radius 1 is 1.44 bits per heavy atom. The summed E-state index contributed by atoms with van der Waals surface area (Å²) < 4.78 is 6.35. The van der Waals surface area contributed by atoms with E-state index in [4.69, 9.17) is 10.5 Å². The van der Waals surface area contributed by atoms with E-state index in [0.717, 1.165) is 22.2 Å². The second-order valence-corrected chi connectivity index (χ2v) is 4.71. The average molecular weight is 309 g/mol. The molecule has 1 aromatic carbocycles. The summed E-state index contributed by atoms with van der Waals surface area (Å²) in [5, 5.41) is 0. The Morgan fingerprint density at radius 3 is 2.56 bits per heavy atom. The topological polar surface area (TPSA) is 35.2 Å². The summed E-state index contributed by atoms with van der Waals surface area (Å²) in [7, 11) is 1.68. The molecule has 1 unspecified atom stereocenters. The van der Waals surface area contributed by atoms with Crippen molar-refractivity contribution in [3.63, 3.8) is 0 Å².